The topological polar surface area (TPSA) is 71.5 Å². The first-order valence-corrected chi connectivity index (χ1v) is 5.85. The average Bonchev–Trinajstić information content (AvgIpc) is 3.09. The third-order valence-corrected chi connectivity index (χ3v) is 2.90. The van der Waals surface area contributed by atoms with Gasteiger partial charge in [-0.15, -0.1) is 12.4 Å². The van der Waals surface area contributed by atoms with Gasteiger partial charge in [-0.1, -0.05) is 5.16 Å². The van der Waals surface area contributed by atoms with Crippen molar-refractivity contribution in [2.45, 2.75) is 0 Å². The fourth-order valence-electron chi connectivity index (χ4n) is 1.94. The van der Waals surface area contributed by atoms with Gasteiger partial charge in [-0.2, -0.15) is 0 Å². The largest absolute Gasteiger partial charge is 0.461 e. The molecule has 2 aromatic rings. The molecule has 3 heterocycles. The zero-order valence-electron chi connectivity index (χ0n) is 10.2. The summed E-state index contributed by atoms with van der Waals surface area (Å²) in [5.41, 5.74) is 0.323. The first-order chi connectivity index (χ1) is 8.84. The third-order valence-electron chi connectivity index (χ3n) is 2.90. The summed E-state index contributed by atoms with van der Waals surface area (Å²) in [4.78, 5) is 13.9. The van der Waals surface area contributed by atoms with Crippen molar-refractivity contribution in [3.05, 3.63) is 30.2 Å². The highest BCUT2D eigenvalue weighted by Crippen LogP contribution is 2.21. The molecule has 3 rings (SSSR count). The van der Waals surface area contributed by atoms with Crippen molar-refractivity contribution in [3.8, 4) is 11.5 Å². The summed E-state index contributed by atoms with van der Waals surface area (Å²) < 4.78 is 10.3. The molecule has 1 amide bonds. The molecule has 0 spiro atoms. The molecule has 6 nitrogen and oxygen atoms in total. The number of halogens is 1. The summed E-state index contributed by atoms with van der Waals surface area (Å²) in [6.07, 6.45) is 1.55. The van der Waals surface area contributed by atoms with Gasteiger partial charge in [0.2, 0.25) is 5.76 Å². The maximum atomic E-state index is 12.1. The quantitative estimate of drug-likeness (QED) is 0.902. The molecule has 19 heavy (non-hydrogen) atoms. The predicted molar refractivity (Wildman–Crippen MR) is 70.2 cm³/mol. The molecule has 7 heteroatoms. The minimum atomic E-state index is -0.0990. The van der Waals surface area contributed by atoms with Crippen LogP contribution in [0.5, 0.6) is 0 Å². The molecule has 0 saturated carbocycles. The summed E-state index contributed by atoms with van der Waals surface area (Å²) >= 11 is 0. The van der Waals surface area contributed by atoms with E-state index in [0.29, 0.717) is 30.3 Å². The molecule has 0 radical (unpaired) electrons. The van der Waals surface area contributed by atoms with Crippen LogP contribution in [-0.4, -0.2) is 42.1 Å². The summed E-state index contributed by atoms with van der Waals surface area (Å²) in [7, 11) is 0. The number of hydrogen-bond acceptors (Lipinski definition) is 5. The van der Waals surface area contributed by atoms with Crippen LogP contribution in [0.4, 0.5) is 0 Å². The van der Waals surface area contributed by atoms with Gasteiger partial charge in [0.25, 0.3) is 5.91 Å². The van der Waals surface area contributed by atoms with Crippen molar-refractivity contribution in [2.24, 2.45) is 0 Å². The van der Waals surface area contributed by atoms with Crippen molar-refractivity contribution >= 4 is 18.3 Å². The Hall–Kier alpha value is -1.79. The van der Waals surface area contributed by atoms with Crippen LogP contribution in [0, 0.1) is 0 Å². The van der Waals surface area contributed by atoms with Gasteiger partial charge in [0.15, 0.2) is 11.5 Å². The van der Waals surface area contributed by atoms with Crippen LogP contribution >= 0.6 is 12.4 Å². The van der Waals surface area contributed by atoms with Crippen molar-refractivity contribution in [1.82, 2.24) is 15.4 Å². The van der Waals surface area contributed by atoms with Gasteiger partial charge in [-0.25, -0.2) is 0 Å². The van der Waals surface area contributed by atoms with Crippen molar-refractivity contribution < 1.29 is 13.7 Å². The molecule has 0 bridgehead atoms. The SMILES string of the molecule is Cl.O=C(c1cc(-c2ccco2)on1)N1CCNCC1. The fourth-order valence-corrected chi connectivity index (χ4v) is 1.94. The molecule has 2 aromatic heterocycles. The molecular formula is C12H14ClN3O3. The highest BCUT2D eigenvalue weighted by molar-refractivity contribution is 5.93. The first-order valence-electron chi connectivity index (χ1n) is 5.85. The molecule has 0 atom stereocenters. The first kappa shape index (κ1) is 13.6. The Bertz CT molecular complexity index is 532. The second-order valence-corrected chi connectivity index (χ2v) is 4.10. The van der Waals surface area contributed by atoms with E-state index in [1.54, 1.807) is 29.4 Å². The van der Waals surface area contributed by atoms with Gasteiger partial charge in [0.05, 0.1) is 6.26 Å². The van der Waals surface area contributed by atoms with E-state index in [0.717, 1.165) is 13.1 Å². The van der Waals surface area contributed by atoms with E-state index in [1.807, 2.05) is 0 Å². The number of carbonyl (C=O) groups is 1. The maximum Gasteiger partial charge on any atom is 0.276 e. The number of amides is 1. The van der Waals surface area contributed by atoms with Gasteiger partial charge in [-0.05, 0) is 12.1 Å². The van der Waals surface area contributed by atoms with Gasteiger partial charge in [0, 0.05) is 32.2 Å². The number of rotatable bonds is 2. The number of aromatic nitrogens is 1. The Labute approximate surface area is 116 Å². The summed E-state index contributed by atoms with van der Waals surface area (Å²) in [6.45, 7) is 3.02. The van der Waals surface area contributed by atoms with Crippen molar-refractivity contribution in [1.29, 1.82) is 0 Å². The van der Waals surface area contributed by atoms with E-state index >= 15 is 0 Å². The molecule has 0 aliphatic carbocycles. The Morgan fingerprint density at radius 1 is 1.32 bits per heavy atom. The Kier molecular flexibility index (Phi) is 4.24. The lowest BCUT2D eigenvalue weighted by Crippen LogP contribution is -2.46. The molecule has 0 aromatic carbocycles. The second-order valence-electron chi connectivity index (χ2n) is 4.10. The lowest BCUT2D eigenvalue weighted by atomic mass is 10.2. The number of nitrogens with zero attached hydrogens (tertiary/aromatic N) is 2. The van der Waals surface area contributed by atoms with Crippen molar-refractivity contribution in [3.63, 3.8) is 0 Å². The van der Waals surface area contributed by atoms with E-state index in [9.17, 15) is 4.79 Å². The van der Waals surface area contributed by atoms with E-state index in [2.05, 4.69) is 10.5 Å². The van der Waals surface area contributed by atoms with Crippen LogP contribution in [0.1, 0.15) is 10.5 Å². The summed E-state index contributed by atoms with van der Waals surface area (Å²) in [5, 5.41) is 7.00. The number of nitrogens with one attached hydrogen (secondary N) is 1. The van der Waals surface area contributed by atoms with Crippen molar-refractivity contribution in [2.75, 3.05) is 26.2 Å². The van der Waals surface area contributed by atoms with E-state index < -0.39 is 0 Å². The van der Waals surface area contributed by atoms with Crippen LogP contribution in [0.25, 0.3) is 11.5 Å². The molecule has 0 unspecified atom stereocenters. The minimum absolute atomic E-state index is 0. The highest BCUT2D eigenvalue weighted by Gasteiger charge is 2.22. The highest BCUT2D eigenvalue weighted by atomic mass is 35.5. The fraction of sp³-hybridized carbons (Fsp3) is 0.333. The zero-order chi connectivity index (χ0) is 12.4. The molecule has 1 aliphatic rings. The molecule has 1 saturated heterocycles. The van der Waals surface area contributed by atoms with Gasteiger partial charge in [-0.3, -0.25) is 4.79 Å². The normalized spacial score (nSPS) is 15.1. The van der Waals surface area contributed by atoms with E-state index in [4.69, 9.17) is 8.94 Å². The molecule has 1 fully saturated rings. The number of carbonyl (C=O) groups excluding carboxylic acids is 1. The maximum absolute atomic E-state index is 12.1. The smallest absolute Gasteiger partial charge is 0.276 e. The van der Waals surface area contributed by atoms with Crippen LogP contribution < -0.4 is 5.32 Å². The molecule has 1 aliphatic heterocycles. The monoisotopic (exact) mass is 283 g/mol. The van der Waals surface area contributed by atoms with E-state index in [-0.39, 0.29) is 18.3 Å². The van der Waals surface area contributed by atoms with Crippen LogP contribution in [-0.2, 0) is 0 Å². The zero-order valence-corrected chi connectivity index (χ0v) is 11.0. The Balaban J connectivity index is 0.00000133. The lowest BCUT2D eigenvalue weighted by Gasteiger charge is -2.26. The third kappa shape index (κ3) is 2.80. The van der Waals surface area contributed by atoms with Gasteiger partial charge in [0.1, 0.15) is 0 Å². The summed E-state index contributed by atoms with van der Waals surface area (Å²) in [5.74, 6) is 0.943. The molecular weight excluding hydrogens is 270 g/mol. The lowest BCUT2D eigenvalue weighted by molar-refractivity contribution is 0.0725. The van der Waals surface area contributed by atoms with E-state index in [1.165, 1.54) is 0 Å². The molecule has 1 N–H and O–H groups in total. The number of hydrogen-bond donors (Lipinski definition) is 1. The molecule has 102 valence electrons. The van der Waals surface area contributed by atoms with Crippen LogP contribution in [0.3, 0.4) is 0 Å². The Morgan fingerprint density at radius 2 is 2.11 bits per heavy atom. The number of piperazine rings is 1. The predicted octanol–water partition coefficient (Wildman–Crippen LogP) is 1.40. The van der Waals surface area contributed by atoms with Crippen LogP contribution in [0.2, 0.25) is 0 Å². The van der Waals surface area contributed by atoms with Gasteiger partial charge < -0.3 is 19.2 Å². The second kappa shape index (κ2) is 5.90. The Morgan fingerprint density at radius 3 is 2.79 bits per heavy atom. The summed E-state index contributed by atoms with van der Waals surface area (Å²) in [6, 6.07) is 5.14. The number of furan rings is 1. The standard InChI is InChI=1S/C12H13N3O3.ClH/c16-12(15-5-3-13-4-6-15)9-8-11(18-14-9)10-2-1-7-17-10;/h1-2,7-8,13H,3-6H2;1H. The average molecular weight is 284 g/mol. The van der Waals surface area contributed by atoms with Gasteiger partial charge >= 0.3 is 0 Å². The van der Waals surface area contributed by atoms with Crippen LogP contribution in [0.15, 0.2) is 33.4 Å². The minimum Gasteiger partial charge on any atom is -0.461 e.